The molecular formula is C14H16. The average molecular weight is 184 g/mol. The maximum atomic E-state index is 2.33. The number of aryl methyl sites for hydroxylation is 1. The van der Waals surface area contributed by atoms with Crippen LogP contribution in [-0.2, 0) is 0 Å². The van der Waals surface area contributed by atoms with E-state index in [4.69, 9.17) is 0 Å². The number of benzene rings is 1. The molecule has 1 aliphatic carbocycles. The molecule has 0 saturated heterocycles. The molecule has 0 heteroatoms. The molecule has 0 N–H and O–H groups in total. The lowest BCUT2D eigenvalue weighted by molar-refractivity contribution is 0.739. The van der Waals surface area contributed by atoms with E-state index in [1.807, 2.05) is 0 Å². The Morgan fingerprint density at radius 3 is 2.43 bits per heavy atom. The summed E-state index contributed by atoms with van der Waals surface area (Å²) in [5.41, 5.74) is 4.02. The van der Waals surface area contributed by atoms with Crippen molar-refractivity contribution in [1.29, 1.82) is 0 Å². The molecular weight excluding hydrogens is 168 g/mol. The first kappa shape index (κ1) is 9.26. The minimum absolute atomic E-state index is 0.698. The highest BCUT2D eigenvalue weighted by atomic mass is 14.1. The van der Waals surface area contributed by atoms with Gasteiger partial charge in [0, 0.05) is 0 Å². The Bertz CT molecular complexity index is 366. The lowest BCUT2D eigenvalue weighted by atomic mass is 9.94. The first-order valence-corrected chi connectivity index (χ1v) is 5.21. The molecule has 1 aromatic rings. The van der Waals surface area contributed by atoms with Gasteiger partial charge in [-0.3, -0.25) is 0 Å². The van der Waals surface area contributed by atoms with E-state index in [9.17, 15) is 0 Å². The fourth-order valence-corrected chi connectivity index (χ4v) is 1.69. The van der Waals surface area contributed by atoms with Gasteiger partial charge in [0.1, 0.15) is 0 Å². The molecule has 1 unspecified atom stereocenters. The van der Waals surface area contributed by atoms with Crippen LogP contribution in [0.3, 0.4) is 0 Å². The monoisotopic (exact) mass is 184 g/mol. The zero-order chi connectivity index (χ0) is 9.97. The maximum absolute atomic E-state index is 2.33. The lowest BCUT2D eigenvalue weighted by Crippen LogP contribution is -1.94. The van der Waals surface area contributed by atoms with Crippen LogP contribution in [0.1, 0.15) is 24.5 Å². The third-order valence-electron chi connectivity index (χ3n) is 2.70. The van der Waals surface area contributed by atoms with Gasteiger partial charge in [0.15, 0.2) is 0 Å². The summed E-state index contributed by atoms with van der Waals surface area (Å²) in [5, 5.41) is 0. The van der Waals surface area contributed by atoms with Crippen molar-refractivity contribution in [3.8, 4) is 0 Å². The molecule has 0 fully saturated rings. The van der Waals surface area contributed by atoms with Crippen LogP contribution < -0.4 is 0 Å². The highest BCUT2D eigenvalue weighted by molar-refractivity contribution is 5.74. The Balaban J connectivity index is 2.24. The van der Waals surface area contributed by atoms with E-state index < -0.39 is 0 Å². The topological polar surface area (TPSA) is 0 Å². The van der Waals surface area contributed by atoms with Crippen LogP contribution in [0.25, 0.3) is 5.57 Å². The average Bonchev–Trinajstić information content (AvgIpc) is 2.21. The summed E-state index contributed by atoms with van der Waals surface area (Å²) in [7, 11) is 0. The van der Waals surface area contributed by atoms with Crippen LogP contribution >= 0.6 is 0 Å². The predicted molar refractivity (Wildman–Crippen MR) is 62.1 cm³/mol. The number of rotatable bonds is 1. The second kappa shape index (κ2) is 3.83. The summed E-state index contributed by atoms with van der Waals surface area (Å²) in [5.74, 6) is 0.698. The van der Waals surface area contributed by atoms with Crippen molar-refractivity contribution >= 4 is 5.57 Å². The molecule has 0 amide bonds. The first-order valence-electron chi connectivity index (χ1n) is 5.21. The van der Waals surface area contributed by atoms with E-state index in [0.717, 1.165) is 0 Å². The van der Waals surface area contributed by atoms with Gasteiger partial charge < -0.3 is 0 Å². The number of allylic oxidation sites excluding steroid dienone is 4. The largest absolute Gasteiger partial charge is 0.0808 e. The Kier molecular flexibility index (Phi) is 2.53. The van der Waals surface area contributed by atoms with E-state index in [2.05, 4.69) is 56.3 Å². The SMILES string of the molecule is Cc1ccc(C2=CCC(C)C=C2)cc1. The van der Waals surface area contributed by atoms with E-state index in [0.29, 0.717) is 5.92 Å². The van der Waals surface area contributed by atoms with E-state index in [1.54, 1.807) is 0 Å². The van der Waals surface area contributed by atoms with Gasteiger partial charge >= 0.3 is 0 Å². The molecule has 72 valence electrons. The Morgan fingerprint density at radius 2 is 1.86 bits per heavy atom. The van der Waals surface area contributed by atoms with Gasteiger partial charge in [-0.25, -0.2) is 0 Å². The Morgan fingerprint density at radius 1 is 1.14 bits per heavy atom. The van der Waals surface area contributed by atoms with Crippen LogP contribution in [0.2, 0.25) is 0 Å². The lowest BCUT2D eigenvalue weighted by Gasteiger charge is -2.11. The Hall–Kier alpha value is -1.30. The molecule has 0 heterocycles. The first-order chi connectivity index (χ1) is 6.75. The summed E-state index contributed by atoms with van der Waals surface area (Å²) in [6, 6.07) is 8.73. The van der Waals surface area contributed by atoms with Gasteiger partial charge in [-0.2, -0.15) is 0 Å². The fourth-order valence-electron chi connectivity index (χ4n) is 1.69. The van der Waals surface area contributed by atoms with Crippen molar-refractivity contribution in [3.05, 3.63) is 53.6 Å². The highest BCUT2D eigenvalue weighted by Gasteiger charge is 2.04. The van der Waals surface area contributed by atoms with Gasteiger partial charge in [0.05, 0.1) is 0 Å². The predicted octanol–water partition coefficient (Wildman–Crippen LogP) is 3.97. The zero-order valence-electron chi connectivity index (χ0n) is 8.83. The number of hydrogen-bond acceptors (Lipinski definition) is 0. The molecule has 0 saturated carbocycles. The smallest absolute Gasteiger partial charge is 0.0187 e. The van der Waals surface area contributed by atoms with Gasteiger partial charge in [-0.1, -0.05) is 55.0 Å². The zero-order valence-corrected chi connectivity index (χ0v) is 8.83. The molecule has 0 bridgehead atoms. The Labute approximate surface area is 86.0 Å². The second-order valence-corrected chi connectivity index (χ2v) is 4.10. The molecule has 0 spiro atoms. The van der Waals surface area contributed by atoms with Crippen LogP contribution in [0, 0.1) is 12.8 Å². The molecule has 0 aliphatic heterocycles. The van der Waals surface area contributed by atoms with Crippen molar-refractivity contribution in [3.63, 3.8) is 0 Å². The molecule has 1 atom stereocenters. The fraction of sp³-hybridized carbons (Fsp3) is 0.286. The summed E-state index contributed by atoms with van der Waals surface area (Å²) in [4.78, 5) is 0. The van der Waals surface area contributed by atoms with Crippen molar-refractivity contribution in [2.45, 2.75) is 20.3 Å². The molecule has 0 radical (unpaired) electrons. The van der Waals surface area contributed by atoms with E-state index >= 15 is 0 Å². The van der Waals surface area contributed by atoms with Gasteiger partial charge in [0.25, 0.3) is 0 Å². The molecule has 0 aromatic heterocycles. The van der Waals surface area contributed by atoms with Crippen LogP contribution in [-0.4, -0.2) is 0 Å². The standard InChI is InChI=1S/C14H16/c1-11-3-7-13(8-4-11)14-9-5-12(2)6-10-14/h3-5,7-10,12H,6H2,1-2H3. The minimum atomic E-state index is 0.698. The maximum Gasteiger partial charge on any atom is -0.0187 e. The van der Waals surface area contributed by atoms with Crippen LogP contribution in [0.5, 0.6) is 0 Å². The van der Waals surface area contributed by atoms with Gasteiger partial charge in [-0.05, 0) is 30.4 Å². The van der Waals surface area contributed by atoms with Gasteiger partial charge in [-0.15, -0.1) is 0 Å². The van der Waals surface area contributed by atoms with E-state index in [1.165, 1.54) is 23.1 Å². The minimum Gasteiger partial charge on any atom is -0.0808 e. The third-order valence-corrected chi connectivity index (χ3v) is 2.70. The molecule has 0 nitrogen and oxygen atoms in total. The van der Waals surface area contributed by atoms with Crippen molar-refractivity contribution in [2.75, 3.05) is 0 Å². The van der Waals surface area contributed by atoms with Crippen molar-refractivity contribution in [1.82, 2.24) is 0 Å². The summed E-state index contributed by atoms with van der Waals surface area (Å²) in [6.45, 7) is 4.37. The molecule has 1 aromatic carbocycles. The quantitative estimate of drug-likeness (QED) is 0.619. The van der Waals surface area contributed by atoms with Gasteiger partial charge in [0.2, 0.25) is 0 Å². The summed E-state index contributed by atoms with van der Waals surface area (Å²) in [6.07, 6.45) is 8.02. The van der Waals surface area contributed by atoms with Crippen LogP contribution in [0.15, 0.2) is 42.5 Å². The summed E-state index contributed by atoms with van der Waals surface area (Å²) >= 11 is 0. The highest BCUT2D eigenvalue weighted by Crippen LogP contribution is 2.23. The van der Waals surface area contributed by atoms with Crippen molar-refractivity contribution < 1.29 is 0 Å². The third kappa shape index (κ3) is 1.95. The normalized spacial score (nSPS) is 20.7. The number of hydrogen-bond donors (Lipinski definition) is 0. The van der Waals surface area contributed by atoms with Crippen LogP contribution in [0.4, 0.5) is 0 Å². The van der Waals surface area contributed by atoms with E-state index in [-0.39, 0.29) is 0 Å². The second-order valence-electron chi connectivity index (χ2n) is 4.10. The molecule has 1 aliphatic rings. The summed E-state index contributed by atoms with van der Waals surface area (Å²) < 4.78 is 0. The molecule has 14 heavy (non-hydrogen) atoms. The van der Waals surface area contributed by atoms with Crippen molar-refractivity contribution in [2.24, 2.45) is 5.92 Å². The molecule has 2 rings (SSSR count).